The molecular weight excluding hydrogens is 360 g/mol. The first-order chi connectivity index (χ1) is 11.0. The number of sulfonamides is 1. The number of carbonyl (C=O) groups excluding carboxylic acids is 1. The maximum absolute atomic E-state index is 12.7. The van der Waals surface area contributed by atoms with Crippen LogP contribution in [0.25, 0.3) is 0 Å². The van der Waals surface area contributed by atoms with Crippen LogP contribution in [0, 0.1) is 5.92 Å². The third-order valence-corrected chi connectivity index (χ3v) is 7.76. The Hall–Kier alpha value is -0.670. The lowest BCUT2D eigenvalue weighted by Gasteiger charge is -2.35. The molecule has 1 aromatic rings. The van der Waals surface area contributed by atoms with E-state index in [2.05, 4.69) is 0 Å². The van der Waals surface area contributed by atoms with Gasteiger partial charge in [-0.15, -0.1) is 11.3 Å². The van der Waals surface area contributed by atoms with Gasteiger partial charge in [0.05, 0.1) is 23.5 Å². The number of ether oxygens (including phenoxy) is 1. The monoisotopic (exact) mass is 378 g/mol. The SMILES string of the molecule is O=C(C1CCCN(S(=O)(=O)c2ccc(Cl)s2)C1)N1CCOCC1. The van der Waals surface area contributed by atoms with Gasteiger partial charge in [-0.05, 0) is 25.0 Å². The average Bonchev–Trinajstić information content (AvgIpc) is 3.02. The Bertz CT molecular complexity index is 670. The Balaban J connectivity index is 1.71. The van der Waals surface area contributed by atoms with Gasteiger partial charge in [-0.3, -0.25) is 4.79 Å². The standard InChI is InChI=1S/C14H19ClN2O4S2/c15-12-3-4-13(22-12)23(19,20)17-5-1-2-11(10-17)14(18)16-6-8-21-9-7-16/h3-4,11H,1-2,5-10H2. The van der Waals surface area contributed by atoms with Crippen molar-refractivity contribution < 1.29 is 17.9 Å². The van der Waals surface area contributed by atoms with Crippen LogP contribution in [0.15, 0.2) is 16.3 Å². The number of carbonyl (C=O) groups is 1. The van der Waals surface area contributed by atoms with Crippen molar-refractivity contribution in [1.29, 1.82) is 0 Å². The molecule has 1 aromatic heterocycles. The molecule has 0 radical (unpaired) electrons. The molecule has 1 unspecified atom stereocenters. The van der Waals surface area contributed by atoms with Crippen molar-refractivity contribution in [2.45, 2.75) is 17.1 Å². The van der Waals surface area contributed by atoms with Crippen LogP contribution in [0.1, 0.15) is 12.8 Å². The Morgan fingerprint density at radius 2 is 2.00 bits per heavy atom. The molecule has 1 amide bonds. The Morgan fingerprint density at radius 1 is 1.26 bits per heavy atom. The first-order valence-corrected chi connectivity index (χ1v) is 10.2. The second-order valence-corrected chi connectivity index (χ2v) is 9.58. The van der Waals surface area contributed by atoms with E-state index in [4.69, 9.17) is 16.3 Å². The van der Waals surface area contributed by atoms with Crippen molar-refractivity contribution in [2.75, 3.05) is 39.4 Å². The van der Waals surface area contributed by atoms with Crippen molar-refractivity contribution in [1.82, 2.24) is 9.21 Å². The number of nitrogens with zero attached hydrogens (tertiary/aromatic N) is 2. The highest BCUT2D eigenvalue weighted by Gasteiger charge is 2.35. The van der Waals surface area contributed by atoms with Gasteiger partial charge in [0.25, 0.3) is 10.0 Å². The number of thiophene rings is 1. The number of hydrogen-bond acceptors (Lipinski definition) is 5. The van der Waals surface area contributed by atoms with Crippen LogP contribution in [0.2, 0.25) is 4.34 Å². The molecule has 6 nitrogen and oxygen atoms in total. The van der Waals surface area contributed by atoms with Crippen LogP contribution in [0.5, 0.6) is 0 Å². The highest BCUT2D eigenvalue weighted by atomic mass is 35.5. The summed E-state index contributed by atoms with van der Waals surface area (Å²) < 4.78 is 32.7. The number of morpholine rings is 1. The molecule has 0 spiro atoms. The fourth-order valence-corrected chi connectivity index (χ4v) is 6.13. The highest BCUT2D eigenvalue weighted by Crippen LogP contribution is 2.31. The molecule has 2 saturated heterocycles. The van der Waals surface area contributed by atoms with Gasteiger partial charge in [-0.1, -0.05) is 11.6 Å². The smallest absolute Gasteiger partial charge is 0.252 e. The lowest BCUT2D eigenvalue weighted by atomic mass is 9.98. The second-order valence-electron chi connectivity index (χ2n) is 5.70. The first kappa shape index (κ1) is 17.2. The molecule has 0 aliphatic carbocycles. The summed E-state index contributed by atoms with van der Waals surface area (Å²) in [6, 6.07) is 3.11. The van der Waals surface area contributed by atoms with E-state index in [1.54, 1.807) is 11.0 Å². The summed E-state index contributed by atoms with van der Waals surface area (Å²) in [6.45, 7) is 2.96. The zero-order valence-corrected chi connectivity index (χ0v) is 15.0. The average molecular weight is 379 g/mol. The van der Waals surface area contributed by atoms with Gasteiger partial charge in [0.15, 0.2) is 0 Å². The van der Waals surface area contributed by atoms with E-state index in [1.807, 2.05) is 0 Å². The summed E-state index contributed by atoms with van der Waals surface area (Å²) in [4.78, 5) is 14.4. The van der Waals surface area contributed by atoms with Gasteiger partial charge in [-0.2, -0.15) is 4.31 Å². The Kier molecular flexibility index (Phi) is 5.27. The van der Waals surface area contributed by atoms with Crippen LogP contribution in [0.4, 0.5) is 0 Å². The van der Waals surface area contributed by atoms with Crippen molar-refractivity contribution in [3.8, 4) is 0 Å². The van der Waals surface area contributed by atoms with Crippen molar-refractivity contribution in [3.05, 3.63) is 16.5 Å². The minimum Gasteiger partial charge on any atom is -0.378 e. The highest BCUT2D eigenvalue weighted by molar-refractivity contribution is 7.91. The van der Waals surface area contributed by atoms with Gasteiger partial charge in [0.1, 0.15) is 4.21 Å². The van der Waals surface area contributed by atoms with Gasteiger partial charge in [-0.25, -0.2) is 8.42 Å². The molecule has 0 bridgehead atoms. The van der Waals surface area contributed by atoms with Crippen LogP contribution in [-0.4, -0.2) is 62.9 Å². The summed E-state index contributed by atoms with van der Waals surface area (Å²) >= 11 is 6.90. The molecule has 3 heterocycles. The van der Waals surface area contributed by atoms with E-state index in [-0.39, 0.29) is 22.6 Å². The number of amides is 1. The minimum absolute atomic E-state index is 0.0393. The molecule has 0 N–H and O–H groups in total. The molecule has 2 aliphatic rings. The van der Waals surface area contributed by atoms with Crippen LogP contribution in [0.3, 0.4) is 0 Å². The van der Waals surface area contributed by atoms with Crippen molar-refractivity contribution in [3.63, 3.8) is 0 Å². The molecule has 2 fully saturated rings. The van der Waals surface area contributed by atoms with E-state index < -0.39 is 10.0 Å². The topological polar surface area (TPSA) is 66.9 Å². The third-order valence-electron chi connectivity index (χ3n) is 4.20. The molecule has 0 saturated carbocycles. The third kappa shape index (κ3) is 3.71. The maximum atomic E-state index is 12.7. The van der Waals surface area contributed by atoms with E-state index in [0.717, 1.165) is 17.8 Å². The Morgan fingerprint density at radius 3 is 2.65 bits per heavy atom. The van der Waals surface area contributed by atoms with Crippen molar-refractivity contribution in [2.24, 2.45) is 5.92 Å². The summed E-state index contributed by atoms with van der Waals surface area (Å²) in [6.07, 6.45) is 1.42. The molecule has 1 atom stereocenters. The van der Waals surface area contributed by atoms with E-state index in [1.165, 1.54) is 10.4 Å². The zero-order chi connectivity index (χ0) is 16.4. The normalized spacial score (nSPS) is 23.9. The number of hydrogen-bond donors (Lipinski definition) is 0. The van der Waals surface area contributed by atoms with Crippen LogP contribution < -0.4 is 0 Å². The number of halogens is 1. The lowest BCUT2D eigenvalue weighted by molar-refractivity contribution is -0.140. The molecule has 0 aromatic carbocycles. The number of piperidine rings is 1. The molecule has 2 aliphatic heterocycles. The maximum Gasteiger partial charge on any atom is 0.252 e. The predicted octanol–water partition coefficient (Wildman–Crippen LogP) is 1.66. The molecule has 128 valence electrons. The molecular formula is C14H19ClN2O4S2. The zero-order valence-electron chi connectivity index (χ0n) is 12.6. The summed E-state index contributed by atoms with van der Waals surface area (Å²) in [5.74, 6) is -0.232. The van der Waals surface area contributed by atoms with Gasteiger partial charge in [0.2, 0.25) is 5.91 Å². The Labute approximate surface area is 145 Å². The minimum atomic E-state index is -3.57. The van der Waals surface area contributed by atoms with E-state index in [0.29, 0.717) is 43.6 Å². The van der Waals surface area contributed by atoms with E-state index >= 15 is 0 Å². The summed E-state index contributed by atoms with van der Waals surface area (Å²) in [7, 11) is -3.57. The van der Waals surface area contributed by atoms with Crippen molar-refractivity contribution >= 4 is 38.9 Å². The predicted molar refractivity (Wildman–Crippen MR) is 88.2 cm³/mol. The molecule has 3 rings (SSSR count). The van der Waals surface area contributed by atoms with E-state index in [9.17, 15) is 13.2 Å². The first-order valence-electron chi connectivity index (χ1n) is 7.60. The molecule has 23 heavy (non-hydrogen) atoms. The lowest BCUT2D eigenvalue weighted by Crippen LogP contribution is -2.49. The summed E-state index contributed by atoms with van der Waals surface area (Å²) in [5.41, 5.74) is 0. The summed E-state index contributed by atoms with van der Waals surface area (Å²) in [5, 5.41) is 0. The number of rotatable bonds is 3. The van der Waals surface area contributed by atoms with Crippen LogP contribution in [-0.2, 0) is 19.6 Å². The quantitative estimate of drug-likeness (QED) is 0.802. The fourth-order valence-electron chi connectivity index (χ4n) is 2.97. The molecule has 9 heteroatoms. The second kappa shape index (κ2) is 7.06. The fraction of sp³-hybridized carbons (Fsp3) is 0.643. The van der Waals surface area contributed by atoms with Crippen LogP contribution >= 0.6 is 22.9 Å². The largest absolute Gasteiger partial charge is 0.378 e. The van der Waals surface area contributed by atoms with Gasteiger partial charge < -0.3 is 9.64 Å². The van der Waals surface area contributed by atoms with Gasteiger partial charge >= 0.3 is 0 Å². The van der Waals surface area contributed by atoms with Gasteiger partial charge in [0, 0.05) is 26.2 Å².